The molecule has 0 spiro atoms. The lowest BCUT2D eigenvalue weighted by atomic mass is 10.0. The van der Waals surface area contributed by atoms with E-state index in [2.05, 4.69) is 17.4 Å². The average Bonchev–Trinajstić information content (AvgIpc) is 2.90. The molecule has 0 aromatic heterocycles. The maximum absolute atomic E-state index is 11.9. The number of fused-ring (bicyclic) bond motifs is 1. The monoisotopic (exact) mass is 246 g/mol. The Morgan fingerprint density at radius 3 is 3.00 bits per heavy atom. The van der Waals surface area contributed by atoms with Gasteiger partial charge in [0.05, 0.1) is 5.69 Å². The van der Waals surface area contributed by atoms with E-state index in [0.717, 1.165) is 24.4 Å². The molecule has 0 radical (unpaired) electrons. The zero-order chi connectivity index (χ0) is 12.7. The fourth-order valence-corrected chi connectivity index (χ4v) is 2.71. The molecule has 1 fully saturated rings. The Morgan fingerprint density at radius 1 is 1.44 bits per heavy atom. The first-order chi connectivity index (χ1) is 8.66. The van der Waals surface area contributed by atoms with Crippen LogP contribution in [0, 0.1) is 0 Å². The Balaban J connectivity index is 1.97. The quantitative estimate of drug-likeness (QED) is 0.822. The summed E-state index contributed by atoms with van der Waals surface area (Å²) in [6, 6.07) is 6.56. The third-order valence-corrected chi connectivity index (χ3v) is 3.79. The van der Waals surface area contributed by atoms with Crippen molar-refractivity contribution in [2.45, 2.75) is 31.9 Å². The number of ether oxygens (including phenoxy) is 1. The van der Waals surface area contributed by atoms with E-state index in [1.807, 2.05) is 13.1 Å². The van der Waals surface area contributed by atoms with Gasteiger partial charge in [0.2, 0.25) is 0 Å². The second kappa shape index (κ2) is 4.28. The van der Waals surface area contributed by atoms with E-state index in [1.165, 1.54) is 12.0 Å². The highest BCUT2D eigenvalue weighted by molar-refractivity contribution is 5.99. The SMILES string of the molecule is CC1Oc2ccc(C3CCCN3)cc2N(C)C1=O. The molecule has 1 N–H and O–H groups in total. The zero-order valence-electron chi connectivity index (χ0n) is 10.8. The summed E-state index contributed by atoms with van der Waals surface area (Å²) in [7, 11) is 1.81. The minimum absolute atomic E-state index is 0.0130. The fourth-order valence-electron chi connectivity index (χ4n) is 2.71. The van der Waals surface area contributed by atoms with Crippen LogP contribution in [0.15, 0.2) is 18.2 Å². The second-order valence-electron chi connectivity index (χ2n) is 5.03. The summed E-state index contributed by atoms with van der Waals surface area (Å²) >= 11 is 0. The van der Waals surface area contributed by atoms with Crippen LogP contribution in [0.25, 0.3) is 0 Å². The number of hydrogen-bond donors (Lipinski definition) is 1. The largest absolute Gasteiger partial charge is 0.479 e. The van der Waals surface area contributed by atoms with Crippen LogP contribution in [0.1, 0.15) is 31.4 Å². The first-order valence-electron chi connectivity index (χ1n) is 6.48. The smallest absolute Gasteiger partial charge is 0.267 e. The molecule has 0 saturated carbocycles. The van der Waals surface area contributed by atoms with Crippen LogP contribution in [0.2, 0.25) is 0 Å². The molecule has 3 rings (SSSR count). The molecule has 2 aliphatic heterocycles. The number of rotatable bonds is 1. The molecule has 1 amide bonds. The van der Waals surface area contributed by atoms with Gasteiger partial charge < -0.3 is 15.0 Å². The van der Waals surface area contributed by atoms with Crippen molar-refractivity contribution in [1.29, 1.82) is 0 Å². The average molecular weight is 246 g/mol. The fraction of sp³-hybridized carbons (Fsp3) is 0.500. The molecule has 1 saturated heterocycles. The maximum atomic E-state index is 11.9. The molecule has 0 bridgehead atoms. The lowest BCUT2D eigenvalue weighted by Crippen LogP contribution is -2.42. The van der Waals surface area contributed by atoms with E-state index in [9.17, 15) is 4.79 Å². The van der Waals surface area contributed by atoms with E-state index < -0.39 is 6.10 Å². The molecule has 1 aromatic rings. The summed E-state index contributed by atoms with van der Waals surface area (Å²) < 4.78 is 5.62. The summed E-state index contributed by atoms with van der Waals surface area (Å²) in [5.74, 6) is 0.811. The van der Waals surface area contributed by atoms with Crippen LogP contribution in [0.4, 0.5) is 5.69 Å². The van der Waals surface area contributed by atoms with Crippen molar-refractivity contribution in [2.24, 2.45) is 0 Å². The van der Waals surface area contributed by atoms with Gasteiger partial charge >= 0.3 is 0 Å². The van der Waals surface area contributed by atoms with E-state index in [-0.39, 0.29) is 5.91 Å². The predicted molar refractivity (Wildman–Crippen MR) is 69.9 cm³/mol. The van der Waals surface area contributed by atoms with E-state index in [0.29, 0.717) is 6.04 Å². The number of carbonyl (C=O) groups excluding carboxylic acids is 1. The van der Waals surface area contributed by atoms with E-state index in [1.54, 1.807) is 11.8 Å². The van der Waals surface area contributed by atoms with Crippen molar-refractivity contribution in [2.75, 3.05) is 18.5 Å². The molecular formula is C14H18N2O2. The highest BCUT2D eigenvalue weighted by Gasteiger charge is 2.29. The van der Waals surface area contributed by atoms with Crippen LogP contribution in [-0.2, 0) is 4.79 Å². The van der Waals surface area contributed by atoms with Crippen LogP contribution >= 0.6 is 0 Å². The second-order valence-corrected chi connectivity index (χ2v) is 5.03. The van der Waals surface area contributed by atoms with Gasteiger partial charge in [0, 0.05) is 13.1 Å². The van der Waals surface area contributed by atoms with Crippen molar-refractivity contribution in [1.82, 2.24) is 5.32 Å². The predicted octanol–water partition coefficient (Wildman–Crippen LogP) is 1.85. The summed E-state index contributed by atoms with van der Waals surface area (Å²) in [6.07, 6.45) is 1.98. The minimum atomic E-state index is -0.391. The number of nitrogens with zero attached hydrogens (tertiary/aromatic N) is 1. The van der Waals surface area contributed by atoms with Gasteiger partial charge in [-0.05, 0) is 44.0 Å². The third-order valence-electron chi connectivity index (χ3n) is 3.79. The summed E-state index contributed by atoms with van der Waals surface area (Å²) in [4.78, 5) is 13.6. The zero-order valence-corrected chi connectivity index (χ0v) is 10.8. The van der Waals surface area contributed by atoms with Crippen LogP contribution in [0.5, 0.6) is 5.75 Å². The number of carbonyl (C=O) groups is 1. The van der Waals surface area contributed by atoms with Crippen molar-refractivity contribution in [3.63, 3.8) is 0 Å². The molecule has 18 heavy (non-hydrogen) atoms. The van der Waals surface area contributed by atoms with Crippen molar-refractivity contribution >= 4 is 11.6 Å². The van der Waals surface area contributed by atoms with Gasteiger partial charge in [0.15, 0.2) is 6.10 Å². The van der Waals surface area contributed by atoms with E-state index >= 15 is 0 Å². The lowest BCUT2D eigenvalue weighted by Gasteiger charge is -2.31. The Morgan fingerprint density at radius 2 is 2.28 bits per heavy atom. The number of nitrogens with one attached hydrogen (secondary N) is 1. The van der Waals surface area contributed by atoms with Gasteiger partial charge in [-0.15, -0.1) is 0 Å². The van der Waals surface area contributed by atoms with E-state index in [4.69, 9.17) is 4.74 Å². The Kier molecular flexibility index (Phi) is 2.74. The first kappa shape index (κ1) is 11.5. The standard InChI is InChI=1S/C14H18N2O2/c1-9-14(17)16(2)12-8-10(5-6-13(12)18-9)11-4-3-7-15-11/h5-6,8-9,11,15H,3-4,7H2,1-2H3. The molecule has 4 heteroatoms. The topological polar surface area (TPSA) is 41.6 Å². The lowest BCUT2D eigenvalue weighted by molar-refractivity contribution is -0.125. The number of amides is 1. The van der Waals surface area contributed by atoms with Gasteiger partial charge in [-0.3, -0.25) is 4.79 Å². The number of hydrogen-bond acceptors (Lipinski definition) is 3. The normalized spacial score (nSPS) is 27.0. The number of likely N-dealkylation sites (N-methyl/N-ethyl adjacent to an activating group) is 1. The minimum Gasteiger partial charge on any atom is -0.479 e. The first-order valence-corrected chi connectivity index (χ1v) is 6.48. The van der Waals surface area contributed by atoms with Crippen LogP contribution in [0.3, 0.4) is 0 Å². The maximum Gasteiger partial charge on any atom is 0.267 e. The van der Waals surface area contributed by atoms with Gasteiger partial charge in [0.1, 0.15) is 5.75 Å². The van der Waals surface area contributed by atoms with Crippen LogP contribution < -0.4 is 15.0 Å². The van der Waals surface area contributed by atoms with Crippen molar-refractivity contribution < 1.29 is 9.53 Å². The van der Waals surface area contributed by atoms with Gasteiger partial charge in [0.25, 0.3) is 5.91 Å². The molecular weight excluding hydrogens is 228 g/mol. The molecule has 2 unspecified atom stereocenters. The Labute approximate surface area is 107 Å². The molecule has 2 atom stereocenters. The summed E-state index contributed by atoms with van der Waals surface area (Å²) in [6.45, 7) is 2.86. The molecule has 2 heterocycles. The van der Waals surface area contributed by atoms with Gasteiger partial charge in [-0.1, -0.05) is 6.07 Å². The highest BCUT2D eigenvalue weighted by atomic mass is 16.5. The molecule has 2 aliphatic rings. The molecule has 0 aliphatic carbocycles. The van der Waals surface area contributed by atoms with Crippen molar-refractivity contribution in [3.8, 4) is 5.75 Å². The molecule has 96 valence electrons. The molecule has 1 aromatic carbocycles. The van der Waals surface area contributed by atoms with Gasteiger partial charge in [-0.2, -0.15) is 0 Å². The number of benzene rings is 1. The summed E-state index contributed by atoms with van der Waals surface area (Å²) in [5.41, 5.74) is 2.12. The molecule has 4 nitrogen and oxygen atoms in total. The third kappa shape index (κ3) is 1.77. The Hall–Kier alpha value is -1.55. The Bertz CT molecular complexity index is 481. The number of anilines is 1. The van der Waals surface area contributed by atoms with Gasteiger partial charge in [-0.25, -0.2) is 0 Å². The highest BCUT2D eigenvalue weighted by Crippen LogP contribution is 2.36. The summed E-state index contributed by atoms with van der Waals surface area (Å²) in [5, 5.41) is 3.47. The van der Waals surface area contributed by atoms with Crippen LogP contribution in [-0.4, -0.2) is 25.6 Å². The van der Waals surface area contributed by atoms with Crippen molar-refractivity contribution in [3.05, 3.63) is 23.8 Å².